The summed E-state index contributed by atoms with van der Waals surface area (Å²) in [6, 6.07) is 10.0. The van der Waals surface area contributed by atoms with Crippen molar-refractivity contribution in [1.29, 1.82) is 0 Å². The molecular weight excluding hydrogens is 290 g/mol. The number of hydrogen-bond acceptors (Lipinski definition) is 3. The number of ether oxygens (including phenoxy) is 1. The van der Waals surface area contributed by atoms with Gasteiger partial charge in [0.15, 0.2) is 5.96 Å². The predicted octanol–water partition coefficient (Wildman–Crippen LogP) is 1.96. The lowest BCUT2D eigenvalue weighted by Crippen LogP contribution is -2.45. The molecule has 124 valence electrons. The lowest BCUT2D eigenvalue weighted by molar-refractivity contribution is 0.0268. The third-order valence-electron chi connectivity index (χ3n) is 3.57. The van der Waals surface area contributed by atoms with Gasteiger partial charge in [-0.2, -0.15) is 5.10 Å². The Morgan fingerprint density at radius 2 is 2.00 bits per heavy atom. The van der Waals surface area contributed by atoms with E-state index in [2.05, 4.69) is 20.7 Å². The van der Waals surface area contributed by atoms with Crippen LogP contribution in [0.4, 0.5) is 0 Å². The minimum atomic E-state index is -0.240. The lowest BCUT2D eigenvalue weighted by atomic mass is 10.1. The van der Waals surface area contributed by atoms with Crippen LogP contribution < -0.4 is 10.6 Å². The standard InChI is InChI=1S/C17H25N5O/c1-17(2,23-4)13-20-16(18-3)19-10-14-11-21-22(12-14)15-8-6-5-7-9-15/h5-9,11-12H,10,13H2,1-4H3,(H2,18,19,20). The topological polar surface area (TPSA) is 63.5 Å². The van der Waals surface area contributed by atoms with Crippen LogP contribution in [0.1, 0.15) is 19.4 Å². The number of aromatic nitrogens is 2. The number of methoxy groups -OCH3 is 1. The van der Waals surface area contributed by atoms with Gasteiger partial charge >= 0.3 is 0 Å². The Kier molecular flexibility index (Phi) is 5.76. The van der Waals surface area contributed by atoms with Gasteiger partial charge in [-0.25, -0.2) is 4.68 Å². The quantitative estimate of drug-likeness (QED) is 0.632. The first-order valence-corrected chi connectivity index (χ1v) is 7.63. The van der Waals surface area contributed by atoms with Gasteiger partial charge in [0, 0.05) is 39.0 Å². The number of rotatable bonds is 6. The number of benzene rings is 1. The number of aliphatic imine (C=N–C) groups is 1. The SMILES string of the molecule is CN=C(NCc1cnn(-c2ccccc2)c1)NCC(C)(C)OC. The van der Waals surface area contributed by atoms with Crippen LogP contribution in [-0.2, 0) is 11.3 Å². The van der Waals surface area contributed by atoms with E-state index in [1.54, 1.807) is 14.2 Å². The third-order valence-corrected chi connectivity index (χ3v) is 3.57. The highest BCUT2D eigenvalue weighted by Gasteiger charge is 2.16. The van der Waals surface area contributed by atoms with Crippen LogP contribution in [-0.4, -0.2) is 42.0 Å². The molecule has 0 spiro atoms. The summed E-state index contributed by atoms with van der Waals surface area (Å²) < 4.78 is 7.25. The van der Waals surface area contributed by atoms with Crippen molar-refractivity contribution in [3.8, 4) is 5.69 Å². The Morgan fingerprint density at radius 1 is 1.26 bits per heavy atom. The van der Waals surface area contributed by atoms with Gasteiger partial charge in [-0.3, -0.25) is 4.99 Å². The average molecular weight is 315 g/mol. The van der Waals surface area contributed by atoms with Gasteiger partial charge in [0.1, 0.15) is 0 Å². The van der Waals surface area contributed by atoms with Crippen molar-refractivity contribution in [2.75, 3.05) is 20.7 Å². The summed E-state index contributed by atoms with van der Waals surface area (Å²) in [6.45, 7) is 5.38. The fourth-order valence-corrected chi connectivity index (χ4v) is 1.95. The van der Waals surface area contributed by atoms with Crippen LogP contribution in [0.5, 0.6) is 0 Å². The molecule has 2 rings (SSSR count). The molecule has 1 heterocycles. The minimum absolute atomic E-state index is 0.240. The van der Waals surface area contributed by atoms with E-state index in [9.17, 15) is 0 Å². The van der Waals surface area contributed by atoms with Crippen LogP contribution in [0.3, 0.4) is 0 Å². The zero-order valence-electron chi connectivity index (χ0n) is 14.2. The molecule has 2 N–H and O–H groups in total. The highest BCUT2D eigenvalue weighted by Crippen LogP contribution is 2.07. The summed E-state index contributed by atoms with van der Waals surface area (Å²) in [7, 11) is 3.46. The van der Waals surface area contributed by atoms with Gasteiger partial charge < -0.3 is 15.4 Å². The fourth-order valence-electron chi connectivity index (χ4n) is 1.95. The maximum atomic E-state index is 5.39. The summed E-state index contributed by atoms with van der Waals surface area (Å²) >= 11 is 0. The first-order chi connectivity index (χ1) is 11.0. The Morgan fingerprint density at radius 3 is 2.65 bits per heavy atom. The van der Waals surface area contributed by atoms with E-state index in [0.29, 0.717) is 13.1 Å². The summed E-state index contributed by atoms with van der Waals surface area (Å²) in [5, 5.41) is 10.9. The molecule has 1 aromatic carbocycles. The lowest BCUT2D eigenvalue weighted by Gasteiger charge is -2.24. The predicted molar refractivity (Wildman–Crippen MR) is 92.9 cm³/mol. The van der Waals surface area contributed by atoms with E-state index >= 15 is 0 Å². The van der Waals surface area contributed by atoms with Crippen molar-refractivity contribution in [3.05, 3.63) is 48.3 Å². The molecule has 2 aromatic rings. The molecule has 6 nitrogen and oxygen atoms in total. The van der Waals surface area contributed by atoms with Crippen LogP contribution in [0.2, 0.25) is 0 Å². The van der Waals surface area contributed by atoms with Crippen molar-refractivity contribution >= 4 is 5.96 Å². The van der Waals surface area contributed by atoms with E-state index in [4.69, 9.17) is 4.74 Å². The molecule has 0 unspecified atom stereocenters. The minimum Gasteiger partial charge on any atom is -0.377 e. The van der Waals surface area contributed by atoms with Gasteiger partial charge in [0.2, 0.25) is 0 Å². The van der Waals surface area contributed by atoms with E-state index in [1.807, 2.05) is 61.3 Å². The van der Waals surface area contributed by atoms with E-state index in [0.717, 1.165) is 17.2 Å². The monoisotopic (exact) mass is 315 g/mol. The largest absolute Gasteiger partial charge is 0.377 e. The second-order valence-electron chi connectivity index (χ2n) is 5.87. The summed E-state index contributed by atoms with van der Waals surface area (Å²) in [5.41, 5.74) is 1.89. The van der Waals surface area contributed by atoms with E-state index < -0.39 is 0 Å². The maximum absolute atomic E-state index is 5.39. The maximum Gasteiger partial charge on any atom is 0.191 e. The van der Waals surface area contributed by atoms with Gasteiger partial charge in [0.05, 0.1) is 17.5 Å². The van der Waals surface area contributed by atoms with Crippen molar-refractivity contribution in [2.24, 2.45) is 4.99 Å². The van der Waals surface area contributed by atoms with Crippen molar-refractivity contribution < 1.29 is 4.74 Å². The van der Waals surface area contributed by atoms with E-state index in [1.165, 1.54) is 0 Å². The van der Waals surface area contributed by atoms with Crippen molar-refractivity contribution in [1.82, 2.24) is 20.4 Å². The highest BCUT2D eigenvalue weighted by molar-refractivity contribution is 5.79. The van der Waals surface area contributed by atoms with Crippen LogP contribution in [0, 0.1) is 0 Å². The van der Waals surface area contributed by atoms with Crippen LogP contribution >= 0.6 is 0 Å². The fraction of sp³-hybridized carbons (Fsp3) is 0.412. The second-order valence-corrected chi connectivity index (χ2v) is 5.87. The summed E-state index contributed by atoms with van der Waals surface area (Å²) in [5.74, 6) is 0.739. The Bertz CT molecular complexity index is 633. The van der Waals surface area contributed by atoms with Gasteiger partial charge in [-0.1, -0.05) is 18.2 Å². The molecule has 0 aliphatic heterocycles. The summed E-state index contributed by atoms with van der Waals surface area (Å²) in [4.78, 5) is 4.22. The van der Waals surface area contributed by atoms with Crippen LogP contribution in [0.15, 0.2) is 47.7 Å². The van der Waals surface area contributed by atoms with Crippen LogP contribution in [0.25, 0.3) is 5.69 Å². The van der Waals surface area contributed by atoms with Crippen molar-refractivity contribution in [2.45, 2.75) is 26.0 Å². The molecule has 23 heavy (non-hydrogen) atoms. The molecule has 0 fully saturated rings. The first-order valence-electron chi connectivity index (χ1n) is 7.63. The number of hydrogen-bond donors (Lipinski definition) is 2. The number of guanidine groups is 1. The van der Waals surface area contributed by atoms with Crippen molar-refractivity contribution in [3.63, 3.8) is 0 Å². The Hall–Kier alpha value is -2.34. The zero-order valence-corrected chi connectivity index (χ0v) is 14.2. The molecular formula is C17H25N5O. The molecule has 0 atom stereocenters. The second kappa shape index (κ2) is 7.78. The molecule has 1 aromatic heterocycles. The molecule has 0 radical (unpaired) electrons. The number of para-hydroxylation sites is 1. The van der Waals surface area contributed by atoms with E-state index in [-0.39, 0.29) is 5.60 Å². The Labute approximate surface area is 137 Å². The normalized spacial score (nSPS) is 12.3. The Balaban J connectivity index is 1.89. The molecule has 0 aliphatic rings. The van der Waals surface area contributed by atoms with Gasteiger partial charge in [-0.05, 0) is 26.0 Å². The average Bonchev–Trinajstić information content (AvgIpc) is 3.05. The number of nitrogens with zero attached hydrogens (tertiary/aromatic N) is 3. The van der Waals surface area contributed by atoms with Gasteiger partial charge in [0.25, 0.3) is 0 Å². The number of nitrogens with one attached hydrogen (secondary N) is 2. The smallest absolute Gasteiger partial charge is 0.191 e. The third kappa shape index (κ3) is 5.10. The highest BCUT2D eigenvalue weighted by atomic mass is 16.5. The summed E-state index contributed by atoms with van der Waals surface area (Å²) in [6.07, 6.45) is 3.86. The molecule has 0 amide bonds. The molecule has 6 heteroatoms. The van der Waals surface area contributed by atoms with Gasteiger partial charge in [-0.15, -0.1) is 0 Å². The first kappa shape index (κ1) is 17.0. The molecule has 0 bridgehead atoms. The zero-order chi connectivity index (χ0) is 16.7. The molecule has 0 aliphatic carbocycles. The molecule has 0 saturated heterocycles. The molecule has 0 saturated carbocycles.